The number of aliphatic hydroxyl groups is 1. The van der Waals surface area contributed by atoms with Crippen LogP contribution >= 0.6 is 0 Å². The van der Waals surface area contributed by atoms with Crippen LogP contribution < -0.4 is 10.8 Å². The van der Waals surface area contributed by atoms with Crippen molar-refractivity contribution in [3.05, 3.63) is 95.1 Å². The van der Waals surface area contributed by atoms with Gasteiger partial charge in [-0.1, -0.05) is 164 Å². The van der Waals surface area contributed by atoms with Crippen LogP contribution in [0.15, 0.2) is 72.8 Å². The Hall–Kier alpha value is -3.60. The number of hydrogen-bond donors (Lipinski definition) is 4. The molecule has 1 fully saturated rings. The van der Waals surface area contributed by atoms with Gasteiger partial charge in [-0.25, -0.2) is 5.48 Å². The number of hydroxylamine groups is 1. The Morgan fingerprint density at radius 3 is 1.86 bits per heavy atom. The number of aliphatic hydroxyl groups excluding tert-OH is 1. The first-order chi connectivity index (χ1) is 28.4. The highest BCUT2D eigenvalue weighted by molar-refractivity contribution is 5.76. The number of unbranched alkanes of at least 4 members (excludes halogenated alkanes) is 13. The molecule has 9 nitrogen and oxygen atoms in total. The highest BCUT2D eigenvalue weighted by Gasteiger charge is 2.33. The number of hydrogen-bond acceptors (Lipinski definition) is 7. The zero-order valence-corrected chi connectivity index (χ0v) is 35.6. The second kappa shape index (κ2) is 28.0. The molecule has 3 aromatic carbocycles. The maximum atomic E-state index is 12.7. The van der Waals surface area contributed by atoms with Crippen molar-refractivity contribution in [3.8, 4) is 11.1 Å². The van der Waals surface area contributed by atoms with E-state index in [2.05, 4.69) is 72.6 Å². The van der Waals surface area contributed by atoms with Crippen LogP contribution in [0.4, 0.5) is 0 Å². The standard InChI is InChI=1S/C49H73N3O6/c1-3-5-7-9-13-19-33-52(34-20-14-10-8-6-4-2)37-44-35-46(41-27-25-39(38-53)26-28-41)58-49(57-44)42-31-29-40(30-32-42)45-22-18-17-21-43(45)36-50-47(54)23-15-11-12-16-24-48(55)51-56/h17-18,21-22,25-32,44,46,49,53,56H,3-16,19-20,23-24,33-38H2,1-2H3,(H,50,54)(H,51,55)/t44-,46+,49+/m1/s1. The molecule has 9 heteroatoms. The summed E-state index contributed by atoms with van der Waals surface area (Å²) in [6.45, 7) is 8.09. The monoisotopic (exact) mass is 800 g/mol. The fraction of sp³-hybridized carbons (Fsp3) is 0.592. The van der Waals surface area contributed by atoms with E-state index in [9.17, 15) is 14.7 Å². The third-order valence-corrected chi connectivity index (χ3v) is 11.4. The third kappa shape index (κ3) is 17.3. The molecule has 0 bridgehead atoms. The van der Waals surface area contributed by atoms with Gasteiger partial charge in [-0.3, -0.25) is 14.8 Å². The number of carbonyl (C=O) groups is 2. The lowest BCUT2D eigenvalue weighted by Gasteiger charge is -2.38. The summed E-state index contributed by atoms with van der Waals surface area (Å²) < 4.78 is 13.6. The Balaban J connectivity index is 1.42. The molecule has 0 radical (unpaired) electrons. The molecule has 1 aliphatic rings. The molecule has 4 N–H and O–H groups in total. The van der Waals surface area contributed by atoms with Crippen molar-refractivity contribution < 1.29 is 29.4 Å². The average molecular weight is 800 g/mol. The minimum atomic E-state index is -0.512. The van der Waals surface area contributed by atoms with Crippen LogP contribution in [0, 0.1) is 0 Å². The van der Waals surface area contributed by atoms with Gasteiger partial charge in [0, 0.05) is 37.9 Å². The van der Waals surface area contributed by atoms with E-state index >= 15 is 0 Å². The Kier molecular flexibility index (Phi) is 22.7. The summed E-state index contributed by atoms with van der Waals surface area (Å²) in [6.07, 6.45) is 19.5. The molecule has 3 aromatic rings. The largest absolute Gasteiger partial charge is 0.392 e. The minimum Gasteiger partial charge on any atom is -0.392 e. The second-order valence-corrected chi connectivity index (χ2v) is 16.2. The molecule has 1 heterocycles. The SMILES string of the molecule is CCCCCCCCN(CCCCCCCC)C[C@H]1C[C@@H](c2ccc(CO)cc2)O[C@@H](c2ccc(-c3ccccc3CNC(=O)CCCCCCC(=O)NO)cc2)O1. The molecule has 1 aliphatic heterocycles. The summed E-state index contributed by atoms with van der Waals surface area (Å²) in [4.78, 5) is 26.5. The van der Waals surface area contributed by atoms with Crippen LogP contribution in [-0.2, 0) is 32.2 Å². The Morgan fingerprint density at radius 1 is 0.672 bits per heavy atom. The Bertz CT molecular complexity index is 1550. The van der Waals surface area contributed by atoms with E-state index in [-0.39, 0.29) is 30.6 Å². The first kappa shape index (κ1) is 47.1. The topological polar surface area (TPSA) is 120 Å². The summed E-state index contributed by atoms with van der Waals surface area (Å²) in [5.41, 5.74) is 7.81. The number of nitrogens with one attached hydrogen (secondary N) is 2. The van der Waals surface area contributed by atoms with Gasteiger partial charge in [-0.15, -0.1) is 0 Å². The summed E-state index contributed by atoms with van der Waals surface area (Å²) in [5, 5.41) is 21.4. The number of benzene rings is 3. The number of ether oxygens (including phenoxy) is 2. The highest BCUT2D eigenvalue weighted by Crippen LogP contribution is 2.39. The summed E-state index contributed by atoms with van der Waals surface area (Å²) in [6, 6.07) is 24.8. The van der Waals surface area contributed by atoms with Gasteiger partial charge in [0.15, 0.2) is 6.29 Å². The zero-order chi connectivity index (χ0) is 41.2. The molecule has 0 aliphatic carbocycles. The van der Waals surface area contributed by atoms with E-state index in [0.717, 1.165) is 78.7 Å². The van der Waals surface area contributed by atoms with Crippen LogP contribution in [0.25, 0.3) is 11.1 Å². The molecule has 2 amide bonds. The first-order valence-electron chi connectivity index (χ1n) is 22.5. The maximum absolute atomic E-state index is 12.7. The van der Waals surface area contributed by atoms with Gasteiger partial charge in [-0.2, -0.15) is 0 Å². The third-order valence-electron chi connectivity index (χ3n) is 11.4. The van der Waals surface area contributed by atoms with Crippen molar-refractivity contribution in [3.63, 3.8) is 0 Å². The van der Waals surface area contributed by atoms with E-state index < -0.39 is 6.29 Å². The molecule has 0 aromatic heterocycles. The van der Waals surface area contributed by atoms with Crippen LogP contribution in [-0.4, -0.2) is 52.8 Å². The van der Waals surface area contributed by atoms with Crippen molar-refractivity contribution in [1.82, 2.24) is 15.7 Å². The van der Waals surface area contributed by atoms with Crippen LogP contribution in [0.5, 0.6) is 0 Å². The van der Waals surface area contributed by atoms with E-state index in [4.69, 9.17) is 14.7 Å². The number of rotatable bonds is 29. The van der Waals surface area contributed by atoms with Crippen molar-refractivity contribution in [1.29, 1.82) is 0 Å². The Morgan fingerprint density at radius 2 is 1.24 bits per heavy atom. The fourth-order valence-electron chi connectivity index (χ4n) is 7.89. The first-order valence-corrected chi connectivity index (χ1v) is 22.5. The van der Waals surface area contributed by atoms with Gasteiger partial charge in [0.05, 0.1) is 18.8 Å². The average Bonchev–Trinajstić information content (AvgIpc) is 3.26. The molecule has 0 unspecified atom stereocenters. The van der Waals surface area contributed by atoms with Crippen molar-refractivity contribution in [2.75, 3.05) is 19.6 Å². The van der Waals surface area contributed by atoms with E-state index in [1.54, 1.807) is 5.48 Å². The summed E-state index contributed by atoms with van der Waals surface area (Å²) in [5.74, 6) is -0.363. The van der Waals surface area contributed by atoms with Gasteiger partial charge < -0.3 is 24.8 Å². The maximum Gasteiger partial charge on any atom is 0.243 e. The Labute approximate surface area is 349 Å². The number of nitrogens with zero attached hydrogens (tertiary/aromatic N) is 1. The van der Waals surface area contributed by atoms with Gasteiger partial charge >= 0.3 is 0 Å². The van der Waals surface area contributed by atoms with Crippen molar-refractivity contribution in [2.45, 2.75) is 167 Å². The van der Waals surface area contributed by atoms with E-state index in [0.29, 0.717) is 25.8 Å². The smallest absolute Gasteiger partial charge is 0.243 e. The fourth-order valence-corrected chi connectivity index (χ4v) is 7.89. The summed E-state index contributed by atoms with van der Waals surface area (Å²) in [7, 11) is 0. The van der Waals surface area contributed by atoms with E-state index in [1.165, 1.54) is 77.0 Å². The van der Waals surface area contributed by atoms with Crippen LogP contribution in [0.3, 0.4) is 0 Å². The molecule has 3 atom stereocenters. The molecule has 1 saturated heterocycles. The molecule has 0 saturated carbocycles. The lowest BCUT2D eigenvalue weighted by Crippen LogP contribution is -2.40. The molecule has 320 valence electrons. The predicted octanol–water partition coefficient (Wildman–Crippen LogP) is 10.9. The van der Waals surface area contributed by atoms with Crippen molar-refractivity contribution in [2.24, 2.45) is 0 Å². The lowest BCUT2D eigenvalue weighted by atomic mass is 9.97. The van der Waals surface area contributed by atoms with Gasteiger partial charge in [0.25, 0.3) is 0 Å². The van der Waals surface area contributed by atoms with Crippen LogP contribution in [0.1, 0.15) is 170 Å². The number of amides is 2. The van der Waals surface area contributed by atoms with E-state index in [1.807, 2.05) is 24.3 Å². The quantitative estimate of drug-likeness (QED) is 0.0313. The predicted molar refractivity (Wildman–Crippen MR) is 233 cm³/mol. The minimum absolute atomic E-state index is 0.0115. The number of carbonyl (C=O) groups excluding carboxylic acids is 2. The normalized spacial score (nSPS) is 16.7. The molecular formula is C49H73N3O6. The van der Waals surface area contributed by atoms with Gasteiger partial charge in [0.1, 0.15) is 0 Å². The highest BCUT2D eigenvalue weighted by atomic mass is 16.7. The second-order valence-electron chi connectivity index (χ2n) is 16.2. The van der Waals surface area contributed by atoms with Crippen LogP contribution in [0.2, 0.25) is 0 Å². The van der Waals surface area contributed by atoms with Gasteiger partial charge in [0.2, 0.25) is 11.8 Å². The zero-order valence-electron chi connectivity index (χ0n) is 35.6. The summed E-state index contributed by atoms with van der Waals surface area (Å²) >= 11 is 0. The van der Waals surface area contributed by atoms with Crippen molar-refractivity contribution >= 4 is 11.8 Å². The lowest BCUT2D eigenvalue weighted by molar-refractivity contribution is -0.253. The molecule has 0 spiro atoms. The van der Waals surface area contributed by atoms with Gasteiger partial charge in [-0.05, 0) is 66.6 Å². The molecule has 58 heavy (non-hydrogen) atoms. The molecular weight excluding hydrogens is 727 g/mol. The molecule has 4 rings (SSSR count).